The Balaban J connectivity index is 2.44. The van der Waals surface area contributed by atoms with Crippen LogP contribution in [-0.2, 0) is 6.61 Å². The van der Waals surface area contributed by atoms with Crippen molar-refractivity contribution in [2.75, 3.05) is 0 Å². The largest absolute Gasteiger partial charge is 0.391 e. The van der Waals surface area contributed by atoms with Gasteiger partial charge >= 0.3 is 0 Å². The van der Waals surface area contributed by atoms with E-state index >= 15 is 0 Å². The maximum atomic E-state index is 12.9. The van der Waals surface area contributed by atoms with E-state index in [-0.39, 0.29) is 6.61 Å². The Kier molecular flexibility index (Phi) is 2.75. The van der Waals surface area contributed by atoms with E-state index in [4.69, 9.17) is 5.11 Å². The fourth-order valence-electron chi connectivity index (χ4n) is 1.19. The highest BCUT2D eigenvalue weighted by atomic mass is 32.1. The van der Waals surface area contributed by atoms with Crippen LogP contribution in [0.1, 0.15) is 4.88 Å². The Morgan fingerprint density at radius 2 is 1.87 bits per heavy atom. The van der Waals surface area contributed by atoms with Crippen molar-refractivity contribution in [3.8, 4) is 10.6 Å². The molecule has 2 nitrogen and oxygen atoms in total. The van der Waals surface area contributed by atoms with Gasteiger partial charge in [-0.2, -0.15) is 0 Å². The standard InChI is InChI=1S/C10H7F2NOS/c11-7-1-6(2-8(12)3-7)10-13-4-9(5-14)15-10/h1-4,14H,5H2. The van der Waals surface area contributed by atoms with Crippen LogP contribution >= 0.6 is 11.3 Å². The Labute approximate surface area is 88.8 Å². The van der Waals surface area contributed by atoms with Gasteiger partial charge in [-0.3, -0.25) is 0 Å². The predicted molar refractivity (Wildman–Crippen MR) is 53.4 cm³/mol. The Morgan fingerprint density at radius 3 is 2.40 bits per heavy atom. The van der Waals surface area contributed by atoms with Gasteiger partial charge in [-0.15, -0.1) is 11.3 Å². The molecular formula is C10H7F2NOS. The Bertz CT molecular complexity index is 464. The van der Waals surface area contributed by atoms with Crippen LogP contribution in [0.5, 0.6) is 0 Å². The molecule has 0 atom stereocenters. The lowest BCUT2D eigenvalue weighted by Crippen LogP contribution is -1.82. The minimum atomic E-state index is -0.634. The van der Waals surface area contributed by atoms with Gasteiger partial charge < -0.3 is 5.11 Å². The van der Waals surface area contributed by atoms with Crippen molar-refractivity contribution in [1.29, 1.82) is 0 Å². The number of aromatic nitrogens is 1. The number of rotatable bonds is 2. The number of aliphatic hydroxyl groups excluding tert-OH is 1. The highest BCUT2D eigenvalue weighted by molar-refractivity contribution is 7.15. The summed E-state index contributed by atoms with van der Waals surface area (Å²) in [7, 11) is 0. The van der Waals surface area contributed by atoms with Crippen LogP contribution in [0.3, 0.4) is 0 Å². The lowest BCUT2D eigenvalue weighted by molar-refractivity contribution is 0.285. The predicted octanol–water partition coefficient (Wildman–Crippen LogP) is 2.58. The summed E-state index contributed by atoms with van der Waals surface area (Å²) in [5, 5.41) is 9.33. The van der Waals surface area contributed by atoms with Gasteiger partial charge in [0.15, 0.2) is 0 Å². The monoisotopic (exact) mass is 227 g/mol. The summed E-state index contributed by atoms with van der Waals surface area (Å²) in [6.07, 6.45) is 1.49. The molecule has 0 aliphatic carbocycles. The zero-order valence-corrected chi connectivity index (χ0v) is 8.39. The zero-order chi connectivity index (χ0) is 10.8. The molecule has 0 saturated carbocycles. The molecule has 2 rings (SSSR count). The molecule has 2 aromatic rings. The SMILES string of the molecule is OCc1cnc(-c2cc(F)cc(F)c2)s1. The second-order valence-electron chi connectivity index (χ2n) is 2.95. The van der Waals surface area contributed by atoms with Crippen LogP contribution in [0.4, 0.5) is 8.78 Å². The molecule has 0 unspecified atom stereocenters. The van der Waals surface area contributed by atoms with Gasteiger partial charge in [0, 0.05) is 17.8 Å². The number of thiazole rings is 1. The fraction of sp³-hybridized carbons (Fsp3) is 0.100. The van der Waals surface area contributed by atoms with E-state index in [9.17, 15) is 8.78 Å². The topological polar surface area (TPSA) is 33.1 Å². The molecule has 0 radical (unpaired) electrons. The van der Waals surface area contributed by atoms with Crippen LogP contribution in [0.15, 0.2) is 24.4 Å². The number of halogens is 2. The van der Waals surface area contributed by atoms with E-state index in [1.54, 1.807) is 0 Å². The maximum absolute atomic E-state index is 12.9. The van der Waals surface area contributed by atoms with Gasteiger partial charge in [0.25, 0.3) is 0 Å². The average Bonchev–Trinajstić information content (AvgIpc) is 2.64. The first-order valence-electron chi connectivity index (χ1n) is 4.21. The first-order chi connectivity index (χ1) is 7.19. The van der Waals surface area contributed by atoms with Gasteiger partial charge in [0.1, 0.15) is 16.6 Å². The second kappa shape index (κ2) is 4.04. The van der Waals surface area contributed by atoms with Crippen LogP contribution in [0.25, 0.3) is 10.6 Å². The van der Waals surface area contributed by atoms with Crippen molar-refractivity contribution >= 4 is 11.3 Å². The molecule has 15 heavy (non-hydrogen) atoms. The lowest BCUT2D eigenvalue weighted by atomic mass is 10.2. The number of hydrogen-bond donors (Lipinski definition) is 1. The maximum Gasteiger partial charge on any atom is 0.126 e. The number of nitrogens with zero attached hydrogens (tertiary/aromatic N) is 1. The highest BCUT2D eigenvalue weighted by Crippen LogP contribution is 2.26. The zero-order valence-electron chi connectivity index (χ0n) is 7.58. The smallest absolute Gasteiger partial charge is 0.126 e. The Morgan fingerprint density at radius 1 is 1.20 bits per heavy atom. The molecule has 1 aromatic heterocycles. The minimum absolute atomic E-state index is 0.116. The Hall–Kier alpha value is -1.33. The van der Waals surface area contributed by atoms with Gasteiger partial charge in [-0.05, 0) is 12.1 Å². The van der Waals surface area contributed by atoms with Crippen molar-refractivity contribution in [2.45, 2.75) is 6.61 Å². The molecule has 0 fully saturated rings. The van der Waals surface area contributed by atoms with Gasteiger partial charge in [0.2, 0.25) is 0 Å². The summed E-state index contributed by atoms with van der Waals surface area (Å²) in [4.78, 5) is 4.63. The second-order valence-corrected chi connectivity index (χ2v) is 4.06. The minimum Gasteiger partial charge on any atom is -0.391 e. The van der Waals surface area contributed by atoms with E-state index in [1.165, 1.54) is 29.7 Å². The van der Waals surface area contributed by atoms with Gasteiger partial charge in [0.05, 0.1) is 11.5 Å². The van der Waals surface area contributed by atoms with Crippen molar-refractivity contribution < 1.29 is 13.9 Å². The third-order valence-electron chi connectivity index (χ3n) is 1.82. The van der Waals surface area contributed by atoms with E-state index in [0.29, 0.717) is 15.4 Å². The first kappa shape index (κ1) is 10.2. The molecule has 1 aromatic carbocycles. The molecule has 0 bridgehead atoms. The van der Waals surface area contributed by atoms with E-state index in [2.05, 4.69) is 4.98 Å². The average molecular weight is 227 g/mol. The summed E-state index contributed by atoms with van der Waals surface area (Å²) < 4.78 is 25.8. The van der Waals surface area contributed by atoms with E-state index in [1.807, 2.05) is 0 Å². The number of hydrogen-bond acceptors (Lipinski definition) is 3. The summed E-state index contributed by atoms with van der Waals surface area (Å²) in [5.74, 6) is -1.27. The third-order valence-corrected chi connectivity index (χ3v) is 2.85. The summed E-state index contributed by atoms with van der Waals surface area (Å²) in [6.45, 7) is -0.116. The van der Waals surface area contributed by atoms with E-state index < -0.39 is 11.6 Å². The van der Waals surface area contributed by atoms with Crippen molar-refractivity contribution in [2.24, 2.45) is 0 Å². The molecule has 1 N–H and O–H groups in total. The molecular weight excluding hydrogens is 220 g/mol. The van der Waals surface area contributed by atoms with Crippen LogP contribution in [0.2, 0.25) is 0 Å². The molecule has 0 aliphatic rings. The van der Waals surface area contributed by atoms with Gasteiger partial charge in [-0.25, -0.2) is 13.8 Å². The lowest BCUT2D eigenvalue weighted by Gasteiger charge is -1.96. The van der Waals surface area contributed by atoms with Crippen molar-refractivity contribution in [3.63, 3.8) is 0 Å². The quantitative estimate of drug-likeness (QED) is 0.855. The number of benzene rings is 1. The van der Waals surface area contributed by atoms with Gasteiger partial charge in [-0.1, -0.05) is 0 Å². The normalized spacial score (nSPS) is 10.6. The summed E-state index contributed by atoms with van der Waals surface area (Å²) >= 11 is 1.21. The summed E-state index contributed by atoms with van der Waals surface area (Å²) in [6, 6.07) is 3.23. The first-order valence-corrected chi connectivity index (χ1v) is 5.03. The summed E-state index contributed by atoms with van der Waals surface area (Å²) in [5.41, 5.74) is 0.386. The molecule has 0 saturated heterocycles. The van der Waals surface area contributed by atoms with Crippen molar-refractivity contribution in [3.05, 3.63) is 40.9 Å². The van der Waals surface area contributed by atoms with Crippen LogP contribution < -0.4 is 0 Å². The fourth-order valence-corrected chi connectivity index (χ4v) is 1.95. The molecule has 0 aliphatic heterocycles. The molecule has 1 heterocycles. The molecule has 0 amide bonds. The van der Waals surface area contributed by atoms with Crippen LogP contribution in [-0.4, -0.2) is 10.1 Å². The van der Waals surface area contributed by atoms with E-state index in [0.717, 1.165) is 6.07 Å². The molecule has 5 heteroatoms. The van der Waals surface area contributed by atoms with Crippen LogP contribution in [0, 0.1) is 11.6 Å². The molecule has 0 spiro atoms. The third kappa shape index (κ3) is 2.19. The number of aliphatic hydroxyl groups is 1. The van der Waals surface area contributed by atoms with Crippen molar-refractivity contribution in [1.82, 2.24) is 4.98 Å². The highest BCUT2D eigenvalue weighted by Gasteiger charge is 2.07. The molecule has 78 valence electrons.